The molecule has 9 heteroatoms. The number of nitrogens with two attached hydrogens (primary N) is 1. The number of methoxy groups -OCH3 is 2. The van der Waals surface area contributed by atoms with Crippen molar-refractivity contribution < 1.29 is 19.3 Å². The van der Waals surface area contributed by atoms with Crippen molar-refractivity contribution in [3.8, 4) is 5.75 Å². The minimum atomic E-state index is -1.20. The van der Waals surface area contributed by atoms with E-state index in [4.69, 9.17) is 31.5 Å². The lowest BCUT2D eigenvalue weighted by molar-refractivity contribution is -0.237. The van der Waals surface area contributed by atoms with E-state index in [1.807, 2.05) is 35.2 Å². The lowest BCUT2D eigenvalue weighted by atomic mass is 9.83. The molecule has 0 fully saturated rings. The molecule has 0 unspecified atom stereocenters. The number of nitrogens with one attached hydrogen (secondary N) is 1. The number of hydrogen-bond acceptors (Lipinski definition) is 7. The number of ether oxygens (including phenoxy) is 3. The molecule has 1 aliphatic rings. The van der Waals surface area contributed by atoms with Crippen LogP contribution >= 0.6 is 11.6 Å². The van der Waals surface area contributed by atoms with Gasteiger partial charge in [0.1, 0.15) is 17.7 Å². The molecule has 0 amide bonds. The average molecular weight is 459 g/mol. The van der Waals surface area contributed by atoms with Crippen molar-refractivity contribution >= 4 is 23.0 Å². The Morgan fingerprint density at radius 3 is 2.59 bits per heavy atom. The quantitative estimate of drug-likeness (QED) is 0.367. The van der Waals surface area contributed by atoms with Crippen molar-refractivity contribution in [1.29, 1.82) is 0 Å². The Morgan fingerprint density at radius 1 is 1.25 bits per heavy atom. The summed E-state index contributed by atoms with van der Waals surface area (Å²) in [7, 11) is 3.03. The number of fused-ring (bicyclic) bond motifs is 1. The van der Waals surface area contributed by atoms with Crippen LogP contribution in [-0.2, 0) is 16.0 Å². The second-order valence-corrected chi connectivity index (χ2v) is 8.35. The Bertz CT molecular complexity index is 1040. The first-order valence-electron chi connectivity index (χ1n) is 10.2. The van der Waals surface area contributed by atoms with Crippen LogP contribution in [0.3, 0.4) is 0 Å². The Kier molecular flexibility index (Phi) is 6.30. The van der Waals surface area contributed by atoms with Gasteiger partial charge in [0, 0.05) is 48.6 Å². The molecule has 3 atom stereocenters. The van der Waals surface area contributed by atoms with Gasteiger partial charge < -0.3 is 34.9 Å². The van der Waals surface area contributed by atoms with Gasteiger partial charge in [-0.1, -0.05) is 11.6 Å². The SMILES string of the molecule is COC(OC)[C@@]1(C)Oc2ccc(N)cc2[C@@H](N(Cc2ncc[nH]2)c2ccc(Cl)cc2)[C@H]1O. The highest BCUT2D eigenvalue weighted by Gasteiger charge is 2.53. The lowest BCUT2D eigenvalue weighted by Gasteiger charge is -2.50. The summed E-state index contributed by atoms with van der Waals surface area (Å²) >= 11 is 6.14. The number of nitrogen functional groups attached to an aromatic ring is 1. The number of halogens is 1. The fourth-order valence-corrected chi connectivity index (χ4v) is 4.42. The number of anilines is 2. The molecule has 1 aliphatic heterocycles. The topological polar surface area (TPSA) is 106 Å². The minimum absolute atomic E-state index is 0.394. The highest BCUT2D eigenvalue weighted by atomic mass is 35.5. The van der Waals surface area contributed by atoms with Gasteiger partial charge in [0.15, 0.2) is 11.9 Å². The first-order valence-corrected chi connectivity index (χ1v) is 10.6. The van der Waals surface area contributed by atoms with Crippen molar-refractivity contribution in [1.82, 2.24) is 9.97 Å². The molecule has 2 aromatic carbocycles. The van der Waals surface area contributed by atoms with Crippen molar-refractivity contribution in [2.45, 2.75) is 37.5 Å². The van der Waals surface area contributed by atoms with Crippen LogP contribution in [0.1, 0.15) is 24.4 Å². The van der Waals surface area contributed by atoms with Gasteiger partial charge in [0.05, 0.1) is 12.6 Å². The van der Waals surface area contributed by atoms with E-state index in [1.54, 1.807) is 31.5 Å². The highest BCUT2D eigenvalue weighted by Crippen LogP contribution is 2.47. The summed E-state index contributed by atoms with van der Waals surface area (Å²) < 4.78 is 17.3. The van der Waals surface area contributed by atoms with Gasteiger partial charge in [-0.3, -0.25) is 0 Å². The molecule has 170 valence electrons. The van der Waals surface area contributed by atoms with Gasteiger partial charge in [-0.2, -0.15) is 0 Å². The van der Waals surface area contributed by atoms with E-state index < -0.39 is 24.0 Å². The van der Waals surface area contributed by atoms with Crippen LogP contribution in [0, 0.1) is 0 Å². The van der Waals surface area contributed by atoms with Gasteiger partial charge in [-0.05, 0) is 49.4 Å². The zero-order valence-electron chi connectivity index (χ0n) is 18.2. The smallest absolute Gasteiger partial charge is 0.199 e. The number of benzene rings is 2. The summed E-state index contributed by atoms with van der Waals surface area (Å²) in [6, 6.07) is 12.3. The molecule has 0 saturated carbocycles. The zero-order chi connectivity index (χ0) is 22.9. The van der Waals surface area contributed by atoms with E-state index in [0.717, 1.165) is 17.1 Å². The van der Waals surface area contributed by atoms with Crippen LogP contribution in [0.5, 0.6) is 5.75 Å². The Balaban J connectivity index is 1.88. The van der Waals surface area contributed by atoms with Crippen LogP contribution < -0.4 is 15.4 Å². The number of rotatable bonds is 7. The molecular weight excluding hydrogens is 432 g/mol. The number of nitrogens with zero attached hydrogens (tertiary/aromatic N) is 2. The van der Waals surface area contributed by atoms with Crippen LogP contribution in [0.4, 0.5) is 11.4 Å². The van der Waals surface area contributed by atoms with Crippen molar-refractivity contribution in [3.63, 3.8) is 0 Å². The van der Waals surface area contributed by atoms with Crippen molar-refractivity contribution in [2.24, 2.45) is 0 Å². The molecule has 4 rings (SSSR count). The van der Waals surface area contributed by atoms with E-state index >= 15 is 0 Å². The predicted octanol–water partition coefficient (Wildman–Crippen LogP) is 3.52. The highest BCUT2D eigenvalue weighted by molar-refractivity contribution is 6.30. The second-order valence-electron chi connectivity index (χ2n) is 7.92. The largest absolute Gasteiger partial charge is 0.479 e. The lowest BCUT2D eigenvalue weighted by Crippen LogP contribution is -2.62. The number of H-pyrrole nitrogens is 1. The number of imidazole rings is 1. The molecule has 1 aromatic heterocycles. The van der Waals surface area contributed by atoms with Crippen molar-refractivity contribution in [2.75, 3.05) is 24.9 Å². The molecule has 8 nitrogen and oxygen atoms in total. The zero-order valence-corrected chi connectivity index (χ0v) is 18.9. The standard InChI is InChI=1S/C23H27ClN4O4/c1-23(22(30-2)31-3)21(29)20(17-12-15(25)6-9-18(17)32-23)28(13-19-26-10-11-27-19)16-7-4-14(24)5-8-16/h4-12,20-22,29H,13,25H2,1-3H3,(H,26,27)/t20-,21-,23+/m1/s1. The number of hydrogen-bond donors (Lipinski definition) is 3. The maximum absolute atomic E-state index is 11.7. The van der Waals surface area contributed by atoms with E-state index in [1.165, 1.54) is 14.2 Å². The Morgan fingerprint density at radius 2 is 1.97 bits per heavy atom. The summed E-state index contributed by atoms with van der Waals surface area (Å²) in [6.45, 7) is 2.17. The second kappa shape index (κ2) is 8.99. The van der Waals surface area contributed by atoms with Crippen LogP contribution in [0.2, 0.25) is 5.02 Å². The Hall–Kier alpha value is -2.78. The molecule has 0 saturated heterocycles. The number of aliphatic hydroxyl groups is 1. The summed E-state index contributed by atoms with van der Waals surface area (Å²) in [5.41, 5.74) is 7.09. The molecular formula is C23H27ClN4O4. The minimum Gasteiger partial charge on any atom is -0.479 e. The first kappa shape index (κ1) is 22.4. The number of aliphatic hydroxyl groups excluding tert-OH is 1. The molecule has 0 aliphatic carbocycles. The first-order chi connectivity index (χ1) is 15.4. The Labute approximate surface area is 191 Å². The van der Waals surface area contributed by atoms with Crippen LogP contribution in [0.15, 0.2) is 54.9 Å². The predicted molar refractivity (Wildman–Crippen MR) is 123 cm³/mol. The molecule has 4 N–H and O–H groups in total. The van der Waals surface area contributed by atoms with Gasteiger partial charge in [-0.15, -0.1) is 0 Å². The monoisotopic (exact) mass is 458 g/mol. The molecule has 2 heterocycles. The third kappa shape index (κ3) is 4.02. The summed E-state index contributed by atoms with van der Waals surface area (Å²) in [5.74, 6) is 1.33. The van der Waals surface area contributed by atoms with Crippen molar-refractivity contribution in [3.05, 3.63) is 71.3 Å². The number of aromatic amines is 1. The van der Waals surface area contributed by atoms with Crippen LogP contribution in [0.25, 0.3) is 0 Å². The summed E-state index contributed by atoms with van der Waals surface area (Å²) in [4.78, 5) is 9.57. The number of aromatic nitrogens is 2. The van der Waals surface area contributed by atoms with E-state index in [9.17, 15) is 5.11 Å². The van der Waals surface area contributed by atoms with E-state index in [-0.39, 0.29) is 0 Å². The van der Waals surface area contributed by atoms with Crippen LogP contribution in [-0.4, -0.2) is 47.3 Å². The van der Waals surface area contributed by atoms with Gasteiger partial charge in [0.2, 0.25) is 0 Å². The molecule has 3 aromatic rings. The molecule has 0 radical (unpaired) electrons. The average Bonchev–Trinajstić information content (AvgIpc) is 3.29. The summed E-state index contributed by atoms with van der Waals surface area (Å²) in [5, 5.41) is 12.4. The molecule has 0 spiro atoms. The van der Waals surface area contributed by atoms with E-state index in [0.29, 0.717) is 23.0 Å². The fraction of sp³-hybridized carbons (Fsp3) is 0.348. The third-order valence-corrected chi connectivity index (χ3v) is 6.09. The maximum Gasteiger partial charge on any atom is 0.199 e. The third-order valence-electron chi connectivity index (χ3n) is 5.83. The van der Waals surface area contributed by atoms with Gasteiger partial charge in [0.25, 0.3) is 0 Å². The van der Waals surface area contributed by atoms with Gasteiger partial charge >= 0.3 is 0 Å². The molecule has 0 bridgehead atoms. The van der Waals surface area contributed by atoms with E-state index in [2.05, 4.69) is 9.97 Å². The molecule has 32 heavy (non-hydrogen) atoms. The fourth-order valence-electron chi connectivity index (χ4n) is 4.29. The van der Waals surface area contributed by atoms with Gasteiger partial charge in [-0.25, -0.2) is 4.98 Å². The normalized spacial score (nSPS) is 22.4. The maximum atomic E-state index is 11.7. The summed E-state index contributed by atoms with van der Waals surface area (Å²) in [6.07, 6.45) is 1.59.